The Bertz CT molecular complexity index is 1350. The predicted molar refractivity (Wildman–Crippen MR) is 116 cm³/mol. The molecule has 4 aromatic rings. The molecule has 12 heteroatoms. The monoisotopic (exact) mass is 477 g/mol. The van der Waals surface area contributed by atoms with Gasteiger partial charge in [-0.15, -0.1) is 5.10 Å². The molecule has 0 bridgehead atoms. The molecule has 0 saturated heterocycles. The normalized spacial score (nSPS) is 12.9. The molecule has 33 heavy (non-hydrogen) atoms. The highest BCUT2D eigenvalue weighted by atomic mass is 32.2. The molecule has 0 spiro atoms. The van der Waals surface area contributed by atoms with Crippen molar-refractivity contribution in [1.82, 2.24) is 24.5 Å². The van der Waals surface area contributed by atoms with Gasteiger partial charge in [-0.1, -0.05) is 5.10 Å². The second-order valence-electron chi connectivity index (χ2n) is 7.11. The SMILES string of the molecule is CCn1c(Oc2ccc3cc[nH]c3c2)nnc1[C@@H](C)NS(=O)(=O)c1ccc(OC(F)F)cc1. The first-order valence-corrected chi connectivity index (χ1v) is 11.5. The van der Waals surface area contributed by atoms with E-state index in [4.69, 9.17) is 4.74 Å². The molecule has 0 aliphatic heterocycles. The molecule has 0 fully saturated rings. The number of fused-ring (bicyclic) bond motifs is 1. The number of sulfonamides is 1. The molecular weight excluding hydrogens is 456 g/mol. The highest BCUT2D eigenvalue weighted by molar-refractivity contribution is 7.89. The maximum absolute atomic E-state index is 12.8. The van der Waals surface area contributed by atoms with Crippen LogP contribution in [0.4, 0.5) is 8.78 Å². The van der Waals surface area contributed by atoms with Crippen LogP contribution in [0.15, 0.2) is 59.6 Å². The van der Waals surface area contributed by atoms with Crippen molar-refractivity contribution >= 4 is 20.9 Å². The van der Waals surface area contributed by atoms with Crippen LogP contribution in [0.25, 0.3) is 10.9 Å². The maximum Gasteiger partial charge on any atom is 0.387 e. The standard InChI is InChI=1S/C21H21F2N5O4S/c1-3-28-19(25-26-21(28)32-16-5-4-14-10-11-24-18(14)12-16)13(2)27-33(29,30)17-8-6-15(7-9-17)31-20(22)23/h4-13,20,24,27H,3H2,1-2H3/t13-/m1/s1. The van der Waals surface area contributed by atoms with E-state index in [9.17, 15) is 17.2 Å². The van der Waals surface area contributed by atoms with Gasteiger partial charge in [-0.05, 0) is 61.7 Å². The Balaban J connectivity index is 1.51. The first-order valence-electron chi connectivity index (χ1n) is 10.0. The molecule has 2 N–H and O–H groups in total. The molecule has 174 valence electrons. The van der Waals surface area contributed by atoms with Crippen molar-refractivity contribution in [2.24, 2.45) is 0 Å². The van der Waals surface area contributed by atoms with E-state index in [-0.39, 0.29) is 16.7 Å². The number of nitrogens with one attached hydrogen (secondary N) is 2. The van der Waals surface area contributed by atoms with Gasteiger partial charge in [-0.25, -0.2) is 13.1 Å². The lowest BCUT2D eigenvalue weighted by molar-refractivity contribution is -0.0498. The van der Waals surface area contributed by atoms with E-state index in [1.165, 1.54) is 12.1 Å². The number of H-pyrrole nitrogens is 1. The van der Waals surface area contributed by atoms with E-state index in [0.717, 1.165) is 23.0 Å². The molecule has 1 atom stereocenters. The van der Waals surface area contributed by atoms with E-state index < -0.39 is 22.7 Å². The van der Waals surface area contributed by atoms with Crippen LogP contribution in [0.1, 0.15) is 25.7 Å². The molecule has 0 radical (unpaired) electrons. The molecule has 2 aromatic heterocycles. The van der Waals surface area contributed by atoms with Crippen molar-refractivity contribution in [3.8, 4) is 17.5 Å². The number of hydrogen-bond acceptors (Lipinski definition) is 6. The minimum atomic E-state index is -3.96. The molecule has 0 unspecified atom stereocenters. The molecular formula is C21H21F2N5O4S. The lowest BCUT2D eigenvalue weighted by atomic mass is 10.2. The number of rotatable bonds is 9. The quantitative estimate of drug-likeness (QED) is 0.374. The number of ether oxygens (including phenoxy) is 2. The molecule has 0 saturated carbocycles. The Labute approximate surface area is 188 Å². The summed E-state index contributed by atoms with van der Waals surface area (Å²) in [4.78, 5) is 3.00. The Morgan fingerprint density at radius 2 is 1.82 bits per heavy atom. The van der Waals surface area contributed by atoms with Crippen molar-refractivity contribution in [3.05, 3.63) is 60.6 Å². The van der Waals surface area contributed by atoms with Gasteiger partial charge in [0.25, 0.3) is 0 Å². The molecule has 0 aliphatic rings. The van der Waals surface area contributed by atoms with Crippen LogP contribution in [-0.4, -0.2) is 34.8 Å². The molecule has 4 rings (SSSR count). The topological polar surface area (TPSA) is 111 Å². The van der Waals surface area contributed by atoms with Crippen LogP contribution in [0, 0.1) is 0 Å². The fourth-order valence-corrected chi connectivity index (χ4v) is 4.54. The highest BCUT2D eigenvalue weighted by Crippen LogP contribution is 2.27. The second kappa shape index (κ2) is 9.16. The third-order valence-electron chi connectivity index (χ3n) is 4.88. The summed E-state index contributed by atoms with van der Waals surface area (Å²) < 4.78 is 64.4. The van der Waals surface area contributed by atoms with Gasteiger partial charge in [0.15, 0.2) is 5.82 Å². The Hall–Kier alpha value is -3.51. The number of hydrogen-bond donors (Lipinski definition) is 2. The fraction of sp³-hybridized carbons (Fsp3) is 0.238. The van der Waals surface area contributed by atoms with Gasteiger partial charge in [0.1, 0.15) is 11.5 Å². The van der Waals surface area contributed by atoms with Gasteiger partial charge in [-0.2, -0.15) is 8.78 Å². The van der Waals surface area contributed by atoms with E-state index >= 15 is 0 Å². The molecule has 0 aliphatic carbocycles. The molecule has 0 amide bonds. The summed E-state index contributed by atoms with van der Waals surface area (Å²) in [5.41, 5.74) is 0.904. The minimum Gasteiger partial charge on any atom is -0.435 e. The van der Waals surface area contributed by atoms with Crippen molar-refractivity contribution in [2.75, 3.05) is 0 Å². The first kappa shape index (κ1) is 22.7. The summed E-state index contributed by atoms with van der Waals surface area (Å²) in [5, 5.41) is 9.22. The van der Waals surface area contributed by atoms with Crippen LogP contribution in [0.5, 0.6) is 17.5 Å². The van der Waals surface area contributed by atoms with Gasteiger partial charge in [-0.3, -0.25) is 4.57 Å². The van der Waals surface area contributed by atoms with E-state index in [0.29, 0.717) is 18.1 Å². The molecule has 9 nitrogen and oxygen atoms in total. The number of benzene rings is 2. The van der Waals surface area contributed by atoms with Gasteiger partial charge < -0.3 is 14.5 Å². The fourth-order valence-electron chi connectivity index (χ4n) is 3.34. The van der Waals surface area contributed by atoms with Gasteiger partial charge in [0.2, 0.25) is 10.0 Å². The van der Waals surface area contributed by atoms with Crippen LogP contribution < -0.4 is 14.2 Å². The van der Waals surface area contributed by atoms with E-state index in [1.54, 1.807) is 17.6 Å². The van der Waals surface area contributed by atoms with E-state index in [1.807, 2.05) is 31.3 Å². The average Bonchev–Trinajstić information content (AvgIpc) is 3.39. The summed E-state index contributed by atoms with van der Waals surface area (Å²) >= 11 is 0. The lowest BCUT2D eigenvalue weighted by Crippen LogP contribution is -2.29. The number of alkyl halides is 2. The molecule has 2 aromatic carbocycles. The van der Waals surface area contributed by atoms with Crippen molar-refractivity contribution in [1.29, 1.82) is 0 Å². The number of aromatic amines is 1. The maximum atomic E-state index is 12.8. The van der Waals surface area contributed by atoms with Crippen LogP contribution in [0.3, 0.4) is 0 Å². The third kappa shape index (κ3) is 4.96. The van der Waals surface area contributed by atoms with Crippen molar-refractivity contribution in [2.45, 2.75) is 37.9 Å². The van der Waals surface area contributed by atoms with Gasteiger partial charge in [0, 0.05) is 24.3 Å². The number of nitrogens with zero attached hydrogens (tertiary/aromatic N) is 3. The Morgan fingerprint density at radius 3 is 2.52 bits per heavy atom. The summed E-state index contributed by atoms with van der Waals surface area (Å²) in [6.45, 7) is 0.925. The van der Waals surface area contributed by atoms with Crippen molar-refractivity contribution in [3.63, 3.8) is 0 Å². The summed E-state index contributed by atoms with van der Waals surface area (Å²) in [6.07, 6.45) is 1.83. The van der Waals surface area contributed by atoms with Gasteiger partial charge in [0.05, 0.1) is 10.9 Å². The zero-order valence-electron chi connectivity index (χ0n) is 17.7. The van der Waals surface area contributed by atoms with Crippen molar-refractivity contribution < 1.29 is 26.7 Å². The predicted octanol–water partition coefficient (Wildman–Crippen LogP) is 4.21. The highest BCUT2D eigenvalue weighted by Gasteiger charge is 2.24. The first-order chi connectivity index (χ1) is 15.8. The third-order valence-corrected chi connectivity index (χ3v) is 6.43. The van der Waals surface area contributed by atoms with E-state index in [2.05, 4.69) is 24.6 Å². The second-order valence-corrected chi connectivity index (χ2v) is 8.82. The largest absolute Gasteiger partial charge is 0.435 e. The lowest BCUT2D eigenvalue weighted by Gasteiger charge is -2.15. The number of aromatic nitrogens is 4. The molecule has 2 heterocycles. The Morgan fingerprint density at radius 1 is 1.09 bits per heavy atom. The number of halogens is 2. The minimum absolute atomic E-state index is 0.103. The summed E-state index contributed by atoms with van der Waals surface area (Å²) in [7, 11) is -3.96. The van der Waals surface area contributed by atoms with Gasteiger partial charge >= 0.3 is 12.6 Å². The van der Waals surface area contributed by atoms with Crippen LogP contribution in [0.2, 0.25) is 0 Å². The zero-order chi connectivity index (χ0) is 23.6. The van der Waals surface area contributed by atoms with Crippen LogP contribution in [-0.2, 0) is 16.6 Å². The average molecular weight is 477 g/mol. The smallest absolute Gasteiger partial charge is 0.387 e. The summed E-state index contributed by atoms with van der Waals surface area (Å²) in [5.74, 6) is 0.773. The zero-order valence-corrected chi connectivity index (χ0v) is 18.5. The summed E-state index contributed by atoms with van der Waals surface area (Å²) in [6, 6.07) is 11.6. The van der Waals surface area contributed by atoms with Crippen LogP contribution >= 0.6 is 0 Å². The Kier molecular flexibility index (Phi) is 6.29.